The van der Waals surface area contributed by atoms with Crippen LogP contribution in [-0.2, 0) is 0 Å². The van der Waals surface area contributed by atoms with E-state index in [9.17, 15) is 4.79 Å². The topological polar surface area (TPSA) is 52.6 Å². The van der Waals surface area contributed by atoms with E-state index in [-0.39, 0.29) is 0 Å². The van der Waals surface area contributed by atoms with E-state index in [0.717, 1.165) is 19.5 Å². The van der Waals surface area contributed by atoms with E-state index in [4.69, 9.17) is 5.11 Å². The molecule has 62 valence electrons. The summed E-state index contributed by atoms with van der Waals surface area (Å²) in [6.45, 7) is 2.47. The van der Waals surface area contributed by atoms with Gasteiger partial charge in [0.1, 0.15) is 0 Å². The fourth-order valence-electron chi connectivity index (χ4n) is 2.01. The molecule has 1 amide bonds. The van der Waals surface area contributed by atoms with Crippen LogP contribution in [0.4, 0.5) is 4.79 Å². The molecule has 2 N–H and O–H groups in total. The molecule has 0 aromatic rings. The molecular formula is C7H12N2O2. The maximum atomic E-state index is 10.5. The fraction of sp³-hybridized carbons (Fsp3) is 0.857. The zero-order valence-corrected chi connectivity index (χ0v) is 6.29. The summed E-state index contributed by atoms with van der Waals surface area (Å²) < 4.78 is 0. The summed E-state index contributed by atoms with van der Waals surface area (Å²) in [4.78, 5) is 12.0. The summed E-state index contributed by atoms with van der Waals surface area (Å²) in [6.07, 6.45) is 0.357. The molecule has 2 aliphatic rings. The Hall–Kier alpha value is -0.770. The summed E-state index contributed by atoms with van der Waals surface area (Å²) in [5.41, 5.74) is 0. The Morgan fingerprint density at radius 3 is 3.00 bits per heavy atom. The number of hydrogen-bond donors (Lipinski definition) is 2. The number of amides is 1. The summed E-state index contributed by atoms with van der Waals surface area (Å²) in [7, 11) is 0. The van der Waals surface area contributed by atoms with E-state index < -0.39 is 6.09 Å². The van der Waals surface area contributed by atoms with Crippen molar-refractivity contribution in [1.29, 1.82) is 0 Å². The molecule has 0 radical (unpaired) electrons. The van der Waals surface area contributed by atoms with E-state index in [0.29, 0.717) is 18.5 Å². The van der Waals surface area contributed by atoms with Crippen LogP contribution >= 0.6 is 0 Å². The molecule has 4 nitrogen and oxygen atoms in total. The number of nitrogens with one attached hydrogen (secondary N) is 1. The number of carboxylic acid groups (broad SMARTS) is 1. The Labute approximate surface area is 65.2 Å². The standard InChI is InChI=1S/C7H12N2O2/c10-7(11)9-3-5-1-2-8-6(5)4-9/h5-6,8H,1-4H2,(H,10,11). The van der Waals surface area contributed by atoms with Crippen LogP contribution < -0.4 is 5.32 Å². The number of likely N-dealkylation sites (tertiary alicyclic amines) is 1. The van der Waals surface area contributed by atoms with Crippen LogP contribution in [0.2, 0.25) is 0 Å². The molecule has 0 aromatic carbocycles. The molecule has 2 heterocycles. The quantitative estimate of drug-likeness (QED) is 0.517. The molecule has 4 heteroatoms. The second kappa shape index (κ2) is 2.37. The number of hydrogen-bond acceptors (Lipinski definition) is 2. The second-order valence-corrected chi connectivity index (χ2v) is 3.30. The van der Waals surface area contributed by atoms with Crippen molar-refractivity contribution in [2.75, 3.05) is 19.6 Å². The summed E-state index contributed by atoms with van der Waals surface area (Å²) in [6, 6.07) is 0.436. The first-order valence-corrected chi connectivity index (χ1v) is 3.98. The Bertz CT molecular complexity index is 171. The Morgan fingerprint density at radius 2 is 2.36 bits per heavy atom. The summed E-state index contributed by atoms with van der Waals surface area (Å²) >= 11 is 0. The van der Waals surface area contributed by atoms with Gasteiger partial charge in [-0.05, 0) is 18.9 Å². The van der Waals surface area contributed by atoms with E-state index in [1.165, 1.54) is 4.90 Å². The van der Waals surface area contributed by atoms with E-state index in [2.05, 4.69) is 5.32 Å². The lowest BCUT2D eigenvalue weighted by Gasteiger charge is -2.11. The number of fused-ring (bicyclic) bond motifs is 1. The molecule has 0 bridgehead atoms. The van der Waals surface area contributed by atoms with Crippen molar-refractivity contribution in [2.24, 2.45) is 5.92 Å². The SMILES string of the molecule is O=C(O)N1CC2CCNC2C1. The molecule has 2 aliphatic heterocycles. The first kappa shape index (κ1) is 6.91. The third kappa shape index (κ3) is 1.07. The van der Waals surface area contributed by atoms with Gasteiger partial charge in [0.15, 0.2) is 0 Å². The van der Waals surface area contributed by atoms with Crippen molar-refractivity contribution in [3.05, 3.63) is 0 Å². The van der Waals surface area contributed by atoms with E-state index in [1.54, 1.807) is 0 Å². The van der Waals surface area contributed by atoms with Crippen molar-refractivity contribution < 1.29 is 9.90 Å². The van der Waals surface area contributed by atoms with E-state index in [1.807, 2.05) is 0 Å². The zero-order valence-electron chi connectivity index (χ0n) is 6.29. The highest BCUT2D eigenvalue weighted by atomic mass is 16.4. The third-order valence-corrected chi connectivity index (χ3v) is 2.63. The minimum absolute atomic E-state index is 0.436. The van der Waals surface area contributed by atoms with Gasteiger partial charge < -0.3 is 15.3 Å². The van der Waals surface area contributed by atoms with Crippen LogP contribution in [0.3, 0.4) is 0 Å². The lowest BCUT2D eigenvalue weighted by atomic mass is 10.1. The first-order chi connectivity index (χ1) is 5.27. The normalized spacial score (nSPS) is 35.8. The zero-order chi connectivity index (χ0) is 7.84. The van der Waals surface area contributed by atoms with Gasteiger partial charge in [-0.1, -0.05) is 0 Å². The lowest BCUT2D eigenvalue weighted by molar-refractivity contribution is 0.152. The van der Waals surface area contributed by atoms with Crippen LogP contribution in [-0.4, -0.2) is 41.8 Å². The number of nitrogens with zero attached hydrogens (tertiary/aromatic N) is 1. The average molecular weight is 156 g/mol. The average Bonchev–Trinajstić information content (AvgIpc) is 2.40. The largest absolute Gasteiger partial charge is 0.465 e. The van der Waals surface area contributed by atoms with Crippen LogP contribution in [0.1, 0.15) is 6.42 Å². The van der Waals surface area contributed by atoms with Crippen molar-refractivity contribution >= 4 is 6.09 Å². The highest BCUT2D eigenvalue weighted by Gasteiger charge is 2.37. The molecular weight excluding hydrogens is 144 g/mol. The highest BCUT2D eigenvalue weighted by molar-refractivity contribution is 5.65. The molecule has 0 aliphatic carbocycles. The van der Waals surface area contributed by atoms with Gasteiger partial charge in [-0.25, -0.2) is 4.79 Å². The first-order valence-electron chi connectivity index (χ1n) is 3.98. The monoisotopic (exact) mass is 156 g/mol. The minimum atomic E-state index is -0.777. The molecule has 0 spiro atoms. The molecule has 2 rings (SSSR count). The molecule has 2 fully saturated rings. The summed E-state index contributed by atoms with van der Waals surface area (Å²) in [5.74, 6) is 0.575. The second-order valence-electron chi connectivity index (χ2n) is 3.30. The third-order valence-electron chi connectivity index (χ3n) is 2.63. The Morgan fingerprint density at radius 1 is 1.55 bits per heavy atom. The predicted molar refractivity (Wildman–Crippen MR) is 39.5 cm³/mol. The van der Waals surface area contributed by atoms with Crippen molar-refractivity contribution in [1.82, 2.24) is 10.2 Å². The van der Waals surface area contributed by atoms with Crippen molar-refractivity contribution in [3.8, 4) is 0 Å². The van der Waals surface area contributed by atoms with Gasteiger partial charge >= 0.3 is 6.09 Å². The van der Waals surface area contributed by atoms with Crippen LogP contribution in [0.5, 0.6) is 0 Å². The lowest BCUT2D eigenvalue weighted by Crippen LogP contribution is -2.32. The minimum Gasteiger partial charge on any atom is -0.465 e. The van der Waals surface area contributed by atoms with Crippen LogP contribution in [0, 0.1) is 5.92 Å². The van der Waals surface area contributed by atoms with Crippen molar-refractivity contribution in [3.63, 3.8) is 0 Å². The van der Waals surface area contributed by atoms with E-state index >= 15 is 0 Å². The summed E-state index contributed by atoms with van der Waals surface area (Å²) in [5, 5.41) is 12.0. The van der Waals surface area contributed by atoms with Crippen molar-refractivity contribution in [2.45, 2.75) is 12.5 Å². The van der Waals surface area contributed by atoms with Gasteiger partial charge in [-0.2, -0.15) is 0 Å². The Balaban J connectivity index is 1.99. The van der Waals surface area contributed by atoms with Gasteiger partial charge in [0, 0.05) is 19.1 Å². The van der Waals surface area contributed by atoms with Gasteiger partial charge in [0.2, 0.25) is 0 Å². The molecule has 2 saturated heterocycles. The predicted octanol–water partition coefficient (Wildman–Crippen LogP) is -0.0419. The maximum Gasteiger partial charge on any atom is 0.407 e. The highest BCUT2D eigenvalue weighted by Crippen LogP contribution is 2.24. The Kier molecular flexibility index (Phi) is 1.49. The molecule has 2 atom stereocenters. The molecule has 2 unspecified atom stereocenters. The van der Waals surface area contributed by atoms with Crippen LogP contribution in [0.25, 0.3) is 0 Å². The van der Waals surface area contributed by atoms with Gasteiger partial charge in [-0.3, -0.25) is 0 Å². The number of rotatable bonds is 0. The van der Waals surface area contributed by atoms with Gasteiger partial charge in [0.05, 0.1) is 0 Å². The molecule has 0 saturated carbocycles. The maximum absolute atomic E-state index is 10.5. The number of carbonyl (C=O) groups is 1. The van der Waals surface area contributed by atoms with Gasteiger partial charge in [0.25, 0.3) is 0 Å². The smallest absolute Gasteiger partial charge is 0.407 e. The van der Waals surface area contributed by atoms with Gasteiger partial charge in [-0.15, -0.1) is 0 Å². The molecule has 0 aromatic heterocycles. The van der Waals surface area contributed by atoms with Crippen LogP contribution in [0.15, 0.2) is 0 Å². The molecule has 11 heavy (non-hydrogen) atoms. The fourth-order valence-corrected chi connectivity index (χ4v) is 2.01.